The van der Waals surface area contributed by atoms with E-state index < -0.39 is 0 Å². The standard InChI is InChI=1S/C18H17ClN2O4S/c1-22-14-7-5-13(19)8-12(14)10-26-18-21-20-17(25-18)11-4-6-15(23-2)16(9-11)24-3/h4-9H,10H2,1-3H3. The van der Waals surface area contributed by atoms with Crippen LogP contribution >= 0.6 is 23.4 Å². The van der Waals surface area contributed by atoms with Crippen LogP contribution in [0.4, 0.5) is 0 Å². The lowest BCUT2D eigenvalue weighted by Gasteiger charge is -2.07. The molecule has 0 N–H and O–H groups in total. The van der Waals surface area contributed by atoms with Gasteiger partial charge in [-0.25, -0.2) is 0 Å². The molecule has 0 radical (unpaired) electrons. The number of methoxy groups -OCH3 is 3. The van der Waals surface area contributed by atoms with Crippen molar-refractivity contribution in [3.63, 3.8) is 0 Å². The van der Waals surface area contributed by atoms with Gasteiger partial charge in [0.25, 0.3) is 5.22 Å². The van der Waals surface area contributed by atoms with E-state index >= 15 is 0 Å². The van der Waals surface area contributed by atoms with Crippen molar-refractivity contribution in [3.05, 3.63) is 47.0 Å². The highest BCUT2D eigenvalue weighted by Crippen LogP contribution is 2.34. The molecule has 0 saturated carbocycles. The Balaban J connectivity index is 1.75. The topological polar surface area (TPSA) is 66.6 Å². The molecule has 8 heteroatoms. The van der Waals surface area contributed by atoms with Gasteiger partial charge in [-0.2, -0.15) is 0 Å². The van der Waals surface area contributed by atoms with E-state index in [0.717, 1.165) is 16.9 Å². The van der Waals surface area contributed by atoms with Crippen LogP contribution in [0.25, 0.3) is 11.5 Å². The molecule has 0 bridgehead atoms. The van der Waals surface area contributed by atoms with Crippen LogP contribution in [0, 0.1) is 0 Å². The van der Waals surface area contributed by atoms with Gasteiger partial charge in [-0.15, -0.1) is 10.2 Å². The summed E-state index contributed by atoms with van der Waals surface area (Å²) in [5, 5.41) is 9.29. The number of hydrogen-bond donors (Lipinski definition) is 0. The van der Waals surface area contributed by atoms with E-state index in [1.807, 2.05) is 18.2 Å². The summed E-state index contributed by atoms with van der Waals surface area (Å²) in [6.45, 7) is 0. The summed E-state index contributed by atoms with van der Waals surface area (Å²) in [6.07, 6.45) is 0. The Kier molecular flexibility index (Phi) is 5.90. The molecule has 26 heavy (non-hydrogen) atoms. The van der Waals surface area contributed by atoms with Crippen molar-refractivity contribution < 1.29 is 18.6 Å². The first-order valence-corrected chi connectivity index (χ1v) is 9.02. The number of thioether (sulfide) groups is 1. The molecule has 3 aromatic rings. The third-order valence-electron chi connectivity index (χ3n) is 3.63. The van der Waals surface area contributed by atoms with E-state index in [-0.39, 0.29) is 0 Å². The summed E-state index contributed by atoms with van der Waals surface area (Å²) in [7, 11) is 4.79. The summed E-state index contributed by atoms with van der Waals surface area (Å²) in [4.78, 5) is 0. The molecule has 0 aliphatic heterocycles. The van der Waals surface area contributed by atoms with Gasteiger partial charge in [0, 0.05) is 21.9 Å². The summed E-state index contributed by atoms with van der Waals surface area (Å²) in [5.41, 5.74) is 1.71. The Labute approximate surface area is 160 Å². The largest absolute Gasteiger partial charge is 0.496 e. The Morgan fingerprint density at radius 1 is 0.923 bits per heavy atom. The number of rotatable bonds is 7. The van der Waals surface area contributed by atoms with Crippen molar-refractivity contribution in [3.8, 4) is 28.7 Å². The lowest BCUT2D eigenvalue weighted by molar-refractivity contribution is 0.355. The number of benzene rings is 2. The molecule has 0 saturated heterocycles. The quantitative estimate of drug-likeness (QED) is 0.539. The SMILES string of the molecule is COc1ccc(Cl)cc1CSc1nnc(-c2ccc(OC)c(OC)c2)o1. The Morgan fingerprint density at radius 3 is 2.38 bits per heavy atom. The van der Waals surface area contributed by atoms with Gasteiger partial charge in [0.1, 0.15) is 5.75 Å². The normalized spacial score (nSPS) is 10.6. The highest BCUT2D eigenvalue weighted by Gasteiger charge is 2.13. The third kappa shape index (κ3) is 4.05. The first-order valence-electron chi connectivity index (χ1n) is 7.65. The van der Waals surface area contributed by atoms with Gasteiger partial charge in [-0.05, 0) is 36.4 Å². The highest BCUT2D eigenvalue weighted by atomic mass is 35.5. The van der Waals surface area contributed by atoms with Crippen LogP contribution < -0.4 is 14.2 Å². The van der Waals surface area contributed by atoms with Crippen LogP contribution in [0.3, 0.4) is 0 Å². The fraction of sp³-hybridized carbons (Fsp3) is 0.222. The van der Waals surface area contributed by atoms with Crippen LogP contribution in [0.1, 0.15) is 5.56 Å². The maximum Gasteiger partial charge on any atom is 0.277 e. The Morgan fingerprint density at radius 2 is 1.65 bits per heavy atom. The molecule has 136 valence electrons. The van der Waals surface area contributed by atoms with E-state index in [2.05, 4.69) is 10.2 Å². The van der Waals surface area contributed by atoms with Gasteiger partial charge >= 0.3 is 0 Å². The van der Waals surface area contributed by atoms with Crippen LogP contribution in [0.5, 0.6) is 17.2 Å². The van der Waals surface area contributed by atoms with E-state index in [1.165, 1.54) is 11.8 Å². The maximum absolute atomic E-state index is 6.05. The minimum absolute atomic E-state index is 0.409. The zero-order chi connectivity index (χ0) is 18.5. The molecule has 6 nitrogen and oxygen atoms in total. The summed E-state index contributed by atoms with van der Waals surface area (Å²) in [5.74, 6) is 3.00. The molecular weight excluding hydrogens is 376 g/mol. The molecule has 0 spiro atoms. The number of halogens is 1. The second-order valence-corrected chi connectivity index (χ2v) is 6.55. The average Bonchev–Trinajstić information content (AvgIpc) is 3.15. The van der Waals surface area contributed by atoms with Crippen LogP contribution in [0.15, 0.2) is 46.0 Å². The molecule has 0 atom stereocenters. The van der Waals surface area contributed by atoms with Gasteiger partial charge in [-0.3, -0.25) is 0 Å². The van der Waals surface area contributed by atoms with Crippen molar-refractivity contribution in [1.82, 2.24) is 10.2 Å². The molecule has 0 unspecified atom stereocenters. The zero-order valence-corrected chi connectivity index (χ0v) is 16.1. The van der Waals surface area contributed by atoms with Crippen LogP contribution in [-0.2, 0) is 5.75 Å². The fourth-order valence-corrected chi connectivity index (χ4v) is 3.29. The van der Waals surface area contributed by atoms with Crippen LogP contribution in [0.2, 0.25) is 5.02 Å². The lowest BCUT2D eigenvalue weighted by Crippen LogP contribution is -1.90. The molecule has 0 fully saturated rings. The molecule has 2 aromatic carbocycles. The van der Waals surface area contributed by atoms with E-state index in [0.29, 0.717) is 33.4 Å². The van der Waals surface area contributed by atoms with Gasteiger partial charge in [-0.1, -0.05) is 23.4 Å². The van der Waals surface area contributed by atoms with E-state index in [1.54, 1.807) is 39.5 Å². The first kappa shape index (κ1) is 18.4. The van der Waals surface area contributed by atoms with Crippen molar-refractivity contribution in [1.29, 1.82) is 0 Å². The number of aromatic nitrogens is 2. The number of hydrogen-bond acceptors (Lipinski definition) is 7. The van der Waals surface area contributed by atoms with Crippen molar-refractivity contribution >= 4 is 23.4 Å². The zero-order valence-electron chi connectivity index (χ0n) is 14.5. The smallest absolute Gasteiger partial charge is 0.277 e. The maximum atomic E-state index is 6.05. The molecule has 1 aromatic heterocycles. The van der Waals surface area contributed by atoms with Gasteiger partial charge in [0.2, 0.25) is 5.89 Å². The summed E-state index contributed by atoms with van der Waals surface area (Å²) < 4.78 is 21.6. The summed E-state index contributed by atoms with van der Waals surface area (Å²) >= 11 is 7.46. The van der Waals surface area contributed by atoms with E-state index in [9.17, 15) is 0 Å². The third-order valence-corrected chi connectivity index (χ3v) is 4.73. The Bertz CT molecular complexity index is 901. The molecule has 0 amide bonds. The van der Waals surface area contributed by atoms with Crippen LogP contribution in [-0.4, -0.2) is 31.5 Å². The molecule has 0 aliphatic carbocycles. The summed E-state index contributed by atoms with van der Waals surface area (Å²) in [6, 6.07) is 10.9. The van der Waals surface area contributed by atoms with Crippen molar-refractivity contribution in [2.75, 3.05) is 21.3 Å². The fourth-order valence-electron chi connectivity index (χ4n) is 2.35. The molecule has 1 heterocycles. The Hall–Kier alpha value is -2.38. The van der Waals surface area contributed by atoms with E-state index in [4.69, 9.17) is 30.2 Å². The van der Waals surface area contributed by atoms with Crippen molar-refractivity contribution in [2.45, 2.75) is 11.0 Å². The second-order valence-electron chi connectivity index (χ2n) is 5.19. The van der Waals surface area contributed by atoms with Gasteiger partial charge in [0.05, 0.1) is 21.3 Å². The number of ether oxygens (including phenoxy) is 3. The lowest BCUT2D eigenvalue weighted by atomic mass is 10.2. The average molecular weight is 393 g/mol. The first-order chi connectivity index (χ1) is 12.6. The predicted molar refractivity (Wildman–Crippen MR) is 100 cm³/mol. The molecule has 0 aliphatic rings. The minimum atomic E-state index is 0.409. The highest BCUT2D eigenvalue weighted by molar-refractivity contribution is 7.98. The monoisotopic (exact) mass is 392 g/mol. The molecular formula is C18H17ClN2O4S. The molecule has 3 rings (SSSR count). The number of nitrogens with zero attached hydrogens (tertiary/aromatic N) is 2. The predicted octanol–water partition coefficient (Wildman–Crippen LogP) is 4.71. The van der Waals surface area contributed by atoms with Gasteiger partial charge < -0.3 is 18.6 Å². The minimum Gasteiger partial charge on any atom is -0.496 e. The second kappa shape index (κ2) is 8.33. The van der Waals surface area contributed by atoms with Gasteiger partial charge in [0.15, 0.2) is 11.5 Å². The van der Waals surface area contributed by atoms with Crippen molar-refractivity contribution in [2.24, 2.45) is 0 Å².